The summed E-state index contributed by atoms with van der Waals surface area (Å²) in [6.07, 6.45) is 11.8. The Labute approximate surface area is 92.3 Å². The van der Waals surface area contributed by atoms with E-state index in [1.165, 1.54) is 44.2 Å². The molecule has 84 valence electrons. The predicted octanol–water partition coefficient (Wildman–Crippen LogP) is 2.89. The van der Waals surface area contributed by atoms with Gasteiger partial charge in [0.25, 0.3) is 0 Å². The summed E-state index contributed by atoms with van der Waals surface area (Å²) >= 11 is 0. The van der Waals surface area contributed by atoms with Crippen LogP contribution in [-0.2, 0) is 4.79 Å². The Hall–Kier alpha value is -0.790. The largest absolute Gasteiger partial charge is 0.374 e. The van der Waals surface area contributed by atoms with Crippen molar-refractivity contribution in [2.45, 2.75) is 51.4 Å². The Morgan fingerprint density at radius 3 is 2.47 bits per heavy atom. The van der Waals surface area contributed by atoms with Crippen molar-refractivity contribution in [3.05, 3.63) is 11.8 Å². The van der Waals surface area contributed by atoms with E-state index >= 15 is 0 Å². The quantitative estimate of drug-likeness (QED) is 0.659. The number of carbonyl (C=O) groups excluding carboxylic acids is 1. The summed E-state index contributed by atoms with van der Waals surface area (Å²) in [6.45, 7) is 1.93. The highest BCUT2D eigenvalue weighted by atomic mass is 16.1. The highest BCUT2D eigenvalue weighted by Crippen LogP contribution is 2.22. The third-order valence-electron chi connectivity index (χ3n) is 3.49. The minimum absolute atomic E-state index is 0.442. The van der Waals surface area contributed by atoms with Crippen LogP contribution in [-0.4, -0.2) is 23.8 Å². The van der Waals surface area contributed by atoms with E-state index in [0.29, 0.717) is 5.78 Å². The molecule has 0 unspecified atom stereocenters. The molecule has 0 aromatic carbocycles. The van der Waals surface area contributed by atoms with Gasteiger partial charge in [-0.1, -0.05) is 18.9 Å². The maximum atomic E-state index is 11.2. The Morgan fingerprint density at radius 1 is 0.933 bits per heavy atom. The molecule has 2 heteroatoms. The molecule has 0 atom stereocenters. The SMILES string of the molecule is O=C1CCN(/C2=C/CCCCCC2)CC1. The van der Waals surface area contributed by atoms with Crippen LogP contribution in [0.5, 0.6) is 0 Å². The van der Waals surface area contributed by atoms with E-state index in [1.54, 1.807) is 0 Å². The summed E-state index contributed by atoms with van der Waals surface area (Å²) in [5, 5.41) is 0. The first-order valence-electron chi connectivity index (χ1n) is 6.32. The average molecular weight is 207 g/mol. The van der Waals surface area contributed by atoms with Gasteiger partial charge in [0.1, 0.15) is 5.78 Å². The first kappa shape index (κ1) is 10.7. The monoisotopic (exact) mass is 207 g/mol. The van der Waals surface area contributed by atoms with E-state index in [4.69, 9.17) is 0 Å². The first-order valence-corrected chi connectivity index (χ1v) is 6.32. The lowest BCUT2D eigenvalue weighted by atomic mass is 10.0. The summed E-state index contributed by atoms with van der Waals surface area (Å²) in [7, 11) is 0. The number of carbonyl (C=O) groups is 1. The van der Waals surface area contributed by atoms with Crippen LogP contribution >= 0.6 is 0 Å². The van der Waals surface area contributed by atoms with Crippen molar-refractivity contribution in [3.63, 3.8) is 0 Å². The van der Waals surface area contributed by atoms with Crippen molar-refractivity contribution >= 4 is 5.78 Å². The van der Waals surface area contributed by atoms with Crippen molar-refractivity contribution < 1.29 is 4.79 Å². The Balaban J connectivity index is 1.92. The van der Waals surface area contributed by atoms with Crippen LogP contribution in [0.4, 0.5) is 0 Å². The molecule has 0 aromatic rings. The van der Waals surface area contributed by atoms with Crippen molar-refractivity contribution in [2.75, 3.05) is 13.1 Å². The Kier molecular flexibility index (Phi) is 3.81. The van der Waals surface area contributed by atoms with Crippen LogP contribution in [0.3, 0.4) is 0 Å². The zero-order valence-corrected chi connectivity index (χ0v) is 9.50. The van der Waals surface area contributed by atoms with E-state index in [-0.39, 0.29) is 0 Å². The molecule has 2 rings (SSSR count). The minimum Gasteiger partial charge on any atom is -0.374 e. The first-order chi connectivity index (χ1) is 7.36. The molecule has 1 aliphatic carbocycles. The number of ketones is 1. The van der Waals surface area contributed by atoms with E-state index in [9.17, 15) is 4.79 Å². The normalized spacial score (nSPS) is 27.9. The zero-order valence-electron chi connectivity index (χ0n) is 9.50. The predicted molar refractivity (Wildman–Crippen MR) is 61.6 cm³/mol. The van der Waals surface area contributed by atoms with Crippen molar-refractivity contribution in [2.24, 2.45) is 0 Å². The fraction of sp³-hybridized carbons (Fsp3) is 0.769. The molecule has 2 nitrogen and oxygen atoms in total. The smallest absolute Gasteiger partial charge is 0.136 e. The van der Waals surface area contributed by atoms with Gasteiger partial charge in [0, 0.05) is 31.6 Å². The van der Waals surface area contributed by atoms with Crippen molar-refractivity contribution in [1.82, 2.24) is 4.90 Å². The lowest BCUT2D eigenvalue weighted by molar-refractivity contribution is -0.121. The number of hydrogen-bond donors (Lipinski definition) is 0. The molecule has 0 bridgehead atoms. The number of Topliss-reactive ketones (excluding diaryl/α,β-unsaturated/α-hetero) is 1. The summed E-state index contributed by atoms with van der Waals surface area (Å²) in [5.74, 6) is 0.442. The molecule has 1 heterocycles. The van der Waals surface area contributed by atoms with Gasteiger partial charge in [-0.3, -0.25) is 4.79 Å². The third-order valence-corrected chi connectivity index (χ3v) is 3.49. The van der Waals surface area contributed by atoms with Gasteiger partial charge < -0.3 is 4.90 Å². The van der Waals surface area contributed by atoms with Crippen LogP contribution in [0.25, 0.3) is 0 Å². The Morgan fingerprint density at radius 2 is 1.67 bits per heavy atom. The zero-order chi connectivity index (χ0) is 10.5. The van der Waals surface area contributed by atoms with Crippen LogP contribution in [0.2, 0.25) is 0 Å². The van der Waals surface area contributed by atoms with Gasteiger partial charge in [0.2, 0.25) is 0 Å². The number of nitrogens with zero attached hydrogens (tertiary/aromatic N) is 1. The van der Waals surface area contributed by atoms with Gasteiger partial charge in [0.05, 0.1) is 0 Å². The molecule has 2 aliphatic rings. The van der Waals surface area contributed by atoms with Crippen LogP contribution in [0.15, 0.2) is 11.8 Å². The Bertz CT molecular complexity index is 247. The fourth-order valence-electron chi connectivity index (χ4n) is 2.51. The highest BCUT2D eigenvalue weighted by Gasteiger charge is 2.18. The number of piperidine rings is 1. The van der Waals surface area contributed by atoms with E-state index in [1.807, 2.05) is 0 Å². The lowest BCUT2D eigenvalue weighted by Crippen LogP contribution is -2.33. The second kappa shape index (κ2) is 5.34. The number of hydrogen-bond acceptors (Lipinski definition) is 2. The second-order valence-corrected chi connectivity index (χ2v) is 4.67. The van der Waals surface area contributed by atoms with Gasteiger partial charge in [-0.05, 0) is 25.7 Å². The highest BCUT2D eigenvalue weighted by molar-refractivity contribution is 5.79. The summed E-state index contributed by atoms with van der Waals surface area (Å²) < 4.78 is 0. The maximum absolute atomic E-state index is 11.2. The van der Waals surface area contributed by atoms with E-state index in [0.717, 1.165) is 25.9 Å². The number of likely N-dealkylation sites (tertiary alicyclic amines) is 1. The summed E-state index contributed by atoms with van der Waals surface area (Å²) in [4.78, 5) is 13.6. The van der Waals surface area contributed by atoms with Gasteiger partial charge >= 0.3 is 0 Å². The number of rotatable bonds is 1. The lowest BCUT2D eigenvalue weighted by Gasteiger charge is -2.31. The second-order valence-electron chi connectivity index (χ2n) is 4.67. The molecular formula is C13H21NO. The fourth-order valence-corrected chi connectivity index (χ4v) is 2.51. The third kappa shape index (κ3) is 3.08. The summed E-state index contributed by atoms with van der Waals surface area (Å²) in [6, 6.07) is 0. The van der Waals surface area contributed by atoms with Gasteiger partial charge in [-0.25, -0.2) is 0 Å². The van der Waals surface area contributed by atoms with E-state index in [2.05, 4.69) is 11.0 Å². The van der Waals surface area contributed by atoms with Crippen LogP contribution < -0.4 is 0 Å². The van der Waals surface area contributed by atoms with Gasteiger partial charge in [-0.2, -0.15) is 0 Å². The maximum Gasteiger partial charge on any atom is 0.136 e. The molecule has 1 aliphatic heterocycles. The van der Waals surface area contributed by atoms with Gasteiger partial charge in [-0.15, -0.1) is 0 Å². The molecule has 1 fully saturated rings. The number of allylic oxidation sites excluding steroid dienone is 2. The molecule has 0 N–H and O–H groups in total. The van der Waals surface area contributed by atoms with Gasteiger partial charge in [0.15, 0.2) is 0 Å². The average Bonchev–Trinajstić information content (AvgIpc) is 2.19. The van der Waals surface area contributed by atoms with Crippen LogP contribution in [0.1, 0.15) is 51.4 Å². The van der Waals surface area contributed by atoms with E-state index < -0.39 is 0 Å². The molecule has 0 spiro atoms. The molecule has 0 saturated carbocycles. The molecular weight excluding hydrogens is 186 g/mol. The molecule has 0 radical (unpaired) electrons. The van der Waals surface area contributed by atoms with Crippen molar-refractivity contribution in [1.29, 1.82) is 0 Å². The minimum atomic E-state index is 0.442. The molecule has 15 heavy (non-hydrogen) atoms. The van der Waals surface area contributed by atoms with Crippen LogP contribution in [0, 0.1) is 0 Å². The van der Waals surface area contributed by atoms with Crippen molar-refractivity contribution in [3.8, 4) is 0 Å². The molecule has 0 aromatic heterocycles. The summed E-state index contributed by atoms with van der Waals surface area (Å²) in [5.41, 5.74) is 1.52. The molecule has 0 amide bonds. The topological polar surface area (TPSA) is 20.3 Å². The molecule has 1 saturated heterocycles. The standard InChI is InChI=1S/C13H21NO/c15-13-8-10-14(11-9-13)12-6-4-2-1-3-5-7-12/h6H,1-5,7-11H2/b12-6+.